The lowest BCUT2D eigenvalue weighted by atomic mass is 10.2. The molecular weight excluding hydrogens is 238 g/mol. The number of rotatable bonds is 5. The molecule has 0 saturated heterocycles. The van der Waals surface area contributed by atoms with Crippen LogP contribution in [0.15, 0.2) is 28.8 Å². The smallest absolute Gasteiger partial charge is 0.280 e. The second-order valence-electron chi connectivity index (χ2n) is 3.61. The van der Waals surface area contributed by atoms with E-state index in [2.05, 4.69) is 10.1 Å². The summed E-state index contributed by atoms with van der Waals surface area (Å²) in [7, 11) is 0. The summed E-state index contributed by atoms with van der Waals surface area (Å²) in [6, 6.07) is 6.21. The van der Waals surface area contributed by atoms with E-state index in [1.165, 1.54) is 6.07 Å². The average Bonchev–Trinajstić information content (AvgIpc) is 2.85. The minimum Gasteiger partial charge on any atom is -0.396 e. The third-order valence-corrected chi connectivity index (χ3v) is 2.36. The summed E-state index contributed by atoms with van der Waals surface area (Å²) in [5.74, 6) is 0.549. The van der Waals surface area contributed by atoms with Gasteiger partial charge in [-0.2, -0.15) is 4.98 Å². The number of aromatic nitrogens is 2. The normalized spacial score (nSPS) is 10.5. The van der Waals surface area contributed by atoms with Crippen molar-refractivity contribution in [1.29, 1.82) is 0 Å². The number of hydrogen-bond donors (Lipinski definition) is 1. The molecule has 0 unspecified atom stereocenters. The van der Waals surface area contributed by atoms with E-state index in [1.54, 1.807) is 18.2 Å². The Morgan fingerprint density at radius 2 is 2.17 bits per heavy atom. The molecule has 0 radical (unpaired) electrons. The van der Waals surface area contributed by atoms with Crippen molar-refractivity contribution in [2.75, 3.05) is 6.61 Å². The van der Waals surface area contributed by atoms with Gasteiger partial charge >= 0.3 is 0 Å². The summed E-state index contributed by atoms with van der Waals surface area (Å²) in [5, 5.41) is 23.3. The van der Waals surface area contributed by atoms with Gasteiger partial charge in [0.05, 0.1) is 4.92 Å². The highest BCUT2D eigenvalue weighted by Crippen LogP contribution is 2.27. The van der Waals surface area contributed by atoms with Crippen molar-refractivity contribution in [3.05, 3.63) is 40.3 Å². The lowest BCUT2D eigenvalue weighted by Gasteiger charge is -1.96. The topological polar surface area (TPSA) is 102 Å². The Bertz CT molecular complexity index is 553. The number of aryl methyl sites for hydroxylation is 1. The molecule has 7 nitrogen and oxygen atoms in total. The highest BCUT2D eigenvalue weighted by molar-refractivity contribution is 5.67. The molecule has 0 spiro atoms. The summed E-state index contributed by atoms with van der Waals surface area (Å²) >= 11 is 0. The van der Waals surface area contributed by atoms with E-state index in [4.69, 9.17) is 9.63 Å². The molecule has 2 rings (SSSR count). The lowest BCUT2D eigenvalue weighted by molar-refractivity contribution is -0.384. The molecule has 0 aliphatic carbocycles. The number of hydrogen-bond acceptors (Lipinski definition) is 6. The van der Waals surface area contributed by atoms with Gasteiger partial charge in [0.2, 0.25) is 11.7 Å². The van der Waals surface area contributed by atoms with Gasteiger partial charge in [0.25, 0.3) is 5.69 Å². The summed E-state index contributed by atoms with van der Waals surface area (Å²) in [5.41, 5.74) is 0.258. The van der Waals surface area contributed by atoms with E-state index in [1.807, 2.05) is 0 Å². The standard InChI is InChI=1S/C11H11N3O4/c15-7-3-6-10-12-11(13-18-10)8-4-1-2-5-9(8)14(16)17/h1-2,4-5,15H,3,6-7H2. The summed E-state index contributed by atoms with van der Waals surface area (Å²) in [6.07, 6.45) is 0.961. The third kappa shape index (κ3) is 2.51. The molecule has 18 heavy (non-hydrogen) atoms. The van der Waals surface area contributed by atoms with Gasteiger partial charge in [-0.15, -0.1) is 0 Å². The third-order valence-electron chi connectivity index (χ3n) is 2.36. The summed E-state index contributed by atoms with van der Waals surface area (Å²) in [6.45, 7) is 0.0310. The number of nitrogens with zero attached hydrogens (tertiary/aromatic N) is 3. The molecule has 0 aliphatic heterocycles. The Morgan fingerprint density at radius 3 is 2.89 bits per heavy atom. The number of aliphatic hydroxyl groups excluding tert-OH is 1. The Morgan fingerprint density at radius 1 is 1.39 bits per heavy atom. The fourth-order valence-corrected chi connectivity index (χ4v) is 1.52. The predicted octanol–water partition coefficient (Wildman–Crippen LogP) is 1.57. The zero-order valence-electron chi connectivity index (χ0n) is 9.44. The first kappa shape index (κ1) is 12.2. The highest BCUT2D eigenvalue weighted by Gasteiger charge is 2.18. The van der Waals surface area contributed by atoms with E-state index in [0.29, 0.717) is 24.3 Å². The maximum absolute atomic E-state index is 10.9. The van der Waals surface area contributed by atoms with Crippen LogP contribution in [0.5, 0.6) is 0 Å². The summed E-state index contributed by atoms with van der Waals surface area (Å²) in [4.78, 5) is 14.4. The average molecular weight is 249 g/mol. The van der Waals surface area contributed by atoms with Crippen molar-refractivity contribution in [3.63, 3.8) is 0 Å². The van der Waals surface area contributed by atoms with Gasteiger partial charge in [-0.1, -0.05) is 17.3 Å². The molecule has 1 N–H and O–H groups in total. The van der Waals surface area contributed by atoms with Crippen LogP contribution in [-0.2, 0) is 6.42 Å². The number of nitro benzene ring substituents is 1. The van der Waals surface area contributed by atoms with Gasteiger partial charge in [-0.05, 0) is 12.5 Å². The van der Waals surface area contributed by atoms with Crippen molar-refractivity contribution < 1.29 is 14.6 Å². The van der Waals surface area contributed by atoms with Crippen molar-refractivity contribution >= 4 is 5.69 Å². The first-order valence-electron chi connectivity index (χ1n) is 5.39. The molecule has 1 heterocycles. The number of para-hydroxylation sites is 1. The Labute approximate surface area is 102 Å². The molecule has 0 saturated carbocycles. The number of aliphatic hydroxyl groups is 1. The highest BCUT2D eigenvalue weighted by atomic mass is 16.6. The minimum absolute atomic E-state index is 0.0310. The maximum Gasteiger partial charge on any atom is 0.280 e. The molecule has 0 atom stereocenters. The van der Waals surface area contributed by atoms with E-state index in [9.17, 15) is 10.1 Å². The SMILES string of the molecule is O=[N+]([O-])c1ccccc1-c1noc(CCCO)n1. The first-order valence-corrected chi connectivity index (χ1v) is 5.39. The monoisotopic (exact) mass is 249 g/mol. The van der Waals surface area contributed by atoms with Crippen LogP contribution in [0.3, 0.4) is 0 Å². The van der Waals surface area contributed by atoms with Crippen LogP contribution in [0.4, 0.5) is 5.69 Å². The van der Waals surface area contributed by atoms with Crippen molar-refractivity contribution in [3.8, 4) is 11.4 Å². The Hall–Kier alpha value is -2.28. The minimum atomic E-state index is -0.487. The quantitative estimate of drug-likeness (QED) is 0.637. The van der Waals surface area contributed by atoms with Crippen LogP contribution in [0.25, 0.3) is 11.4 Å². The van der Waals surface area contributed by atoms with Crippen LogP contribution in [0, 0.1) is 10.1 Å². The van der Waals surface area contributed by atoms with Crippen LogP contribution in [-0.4, -0.2) is 26.8 Å². The molecule has 0 fully saturated rings. The molecule has 94 valence electrons. The van der Waals surface area contributed by atoms with Crippen molar-refractivity contribution in [2.45, 2.75) is 12.8 Å². The fourth-order valence-electron chi connectivity index (χ4n) is 1.52. The van der Waals surface area contributed by atoms with Crippen molar-refractivity contribution in [2.24, 2.45) is 0 Å². The maximum atomic E-state index is 10.9. The van der Waals surface area contributed by atoms with Gasteiger partial charge in [0.15, 0.2) is 0 Å². The first-order chi connectivity index (χ1) is 8.72. The van der Waals surface area contributed by atoms with Gasteiger partial charge in [-0.3, -0.25) is 10.1 Å². The molecule has 0 bridgehead atoms. The largest absolute Gasteiger partial charge is 0.396 e. The number of nitro groups is 1. The van der Waals surface area contributed by atoms with Gasteiger partial charge in [0, 0.05) is 19.1 Å². The summed E-state index contributed by atoms with van der Waals surface area (Å²) < 4.78 is 4.96. The van der Waals surface area contributed by atoms with Crippen LogP contribution >= 0.6 is 0 Å². The van der Waals surface area contributed by atoms with E-state index < -0.39 is 4.92 Å². The Balaban J connectivity index is 2.31. The fraction of sp³-hybridized carbons (Fsp3) is 0.273. The lowest BCUT2D eigenvalue weighted by Crippen LogP contribution is -1.93. The predicted molar refractivity (Wildman–Crippen MR) is 61.8 cm³/mol. The van der Waals surface area contributed by atoms with Crippen LogP contribution in [0.2, 0.25) is 0 Å². The second kappa shape index (κ2) is 5.37. The van der Waals surface area contributed by atoms with E-state index in [0.717, 1.165) is 0 Å². The van der Waals surface area contributed by atoms with Gasteiger partial charge < -0.3 is 9.63 Å². The molecule has 7 heteroatoms. The van der Waals surface area contributed by atoms with Crippen molar-refractivity contribution in [1.82, 2.24) is 10.1 Å². The van der Waals surface area contributed by atoms with Crippen LogP contribution < -0.4 is 0 Å². The molecule has 0 aliphatic rings. The number of benzene rings is 1. The zero-order chi connectivity index (χ0) is 13.0. The zero-order valence-corrected chi connectivity index (χ0v) is 9.44. The van der Waals surface area contributed by atoms with Crippen LogP contribution in [0.1, 0.15) is 12.3 Å². The van der Waals surface area contributed by atoms with E-state index in [-0.39, 0.29) is 18.1 Å². The molecule has 1 aromatic carbocycles. The second-order valence-corrected chi connectivity index (χ2v) is 3.61. The van der Waals surface area contributed by atoms with Gasteiger partial charge in [-0.25, -0.2) is 0 Å². The Kier molecular flexibility index (Phi) is 3.63. The van der Waals surface area contributed by atoms with E-state index >= 15 is 0 Å². The molecule has 1 aromatic heterocycles. The molecule has 2 aromatic rings. The van der Waals surface area contributed by atoms with Gasteiger partial charge in [0.1, 0.15) is 5.56 Å². The molecular formula is C11H11N3O4. The molecule has 0 amide bonds.